The van der Waals surface area contributed by atoms with Crippen molar-refractivity contribution in [1.82, 2.24) is 4.90 Å². The summed E-state index contributed by atoms with van der Waals surface area (Å²) in [6.07, 6.45) is 1.04. The van der Waals surface area contributed by atoms with Crippen molar-refractivity contribution in [3.8, 4) is 0 Å². The molecule has 0 rings (SSSR count). The third kappa shape index (κ3) is 7.26. The normalized spacial score (nSPS) is 13.5. The lowest BCUT2D eigenvalue weighted by Gasteiger charge is -2.23. The van der Waals surface area contributed by atoms with Crippen LogP contribution in [0, 0.1) is 0 Å². The summed E-state index contributed by atoms with van der Waals surface area (Å²) in [5.41, 5.74) is 5.49. The number of likely N-dealkylation sites (N-methyl/N-ethyl adjacent to an activating group) is 1. The summed E-state index contributed by atoms with van der Waals surface area (Å²) < 4.78 is 10.3. The lowest BCUT2D eigenvalue weighted by Crippen LogP contribution is -2.33. The van der Waals surface area contributed by atoms with Gasteiger partial charge in [-0.05, 0) is 26.9 Å². The Morgan fingerprint density at radius 3 is 2.57 bits per heavy atom. The zero-order valence-electron chi connectivity index (χ0n) is 9.66. The van der Waals surface area contributed by atoms with Crippen LogP contribution in [0.25, 0.3) is 0 Å². The van der Waals surface area contributed by atoms with Gasteiger partial charge in [-0.3, -0.25) is 0 Å². The Kier molecular flexibility index (Phi) is 9.29. The van der Waals surface area contributed by atoms with Gasteiger partial charge >= 0.3 is 0 Å². The van der Waals surface area contributed by atoms with Crippen LogP contribution in [0.1, 0.15) is 13.3 Å². The van der Waals surface area contributed by atoms with Crippen molar-refractivity contribution in [3.05, 3.63) is 0 Å². The van der Waals surface area contributed by atoms with Gasteiger partial charge in [0.25, 0.3) is 0 Å². The summed E-state index contributed by atoms with van der Waals surface area (Å²) in [4.78, 5) is 2.26. The molecule has 1 atom stereocenters. The Labute approximate surface area is 87.4 Å². The van der Waals surface area contributed by atoms with Crippen molar-refractivity contribution in [1.29, 1.82) is 0 Å². The van der Waals surface area contributed by atoms with E-state index in [4.69, 9.17) is 15.2 Å². The van der Waals surface area contributed by atoms with Crippen LogP contribution in [0.15, 0.2) is 0 Å². The molecule has 0 spiro atoms. The van der Waals surface area contributed by atoms with E-state index in [1.165, 1.54) is 0 Å². The van der Waals surface area contributed by atoms with E-state index in [9.17, 15) is 0 Å². The summed E-state index contributed by atoms with van der Waals surface area (Å²) in [6, 6.07) is 0.533. The van der Waals surface area contributed by atoms with E-state index in [0.717, 1.165) is 26.1 Å². The van der Waals surface area contributed by atoms with Gasteiger partial charge in [-0.2, -0.15) is 0 Å². The van der Waals surface area contributed by atoms with Gasteiger partial charge in [-0.25, -0.2) is 0 Å². The van der Waals surface area contributed by atoms with E-state index in [2.05, 4.69) is 18.9 Å². The molecule has 0 bridgehead atoms. The molecule has 0 aromatic rings. The standard InChI is InChI=1S/C10H24N2O2/c1-10(4-5-11)12(2)6-7-14-9-8-13-3/h10H,4-9,11H2,1-3H3. The Bertz CT molecular complexity index is 123. The molecular formula is C10H24N2O2. The second-order valence-corrected chi connectivity index (χ2v) is 3.51. The molecule has 2 N–H and O–H groups in total. The zero-order valence-corrected chi connectivity index (χ0v) is 9.66. The van der Waals surface area contributed by atoms with Crippen LogP contribution < -0.4 is 5.73 Å². The SMILES string of the molecule is COCCOCCN(C)C(C)CCN. The molecular weight excluding hydrogens is 180 g/mol. The first-order valence-corrected chi connectivity index (χ1v) is 5.19. The largest absolute Gasteiger partial charge is 0.382 e. The van der Waals surface area contributed by atoms with Crippen molar-refractivity contribution < 1.29 is 9.47 Å². The first-order valence-electron chi connectivity index (χ1n) is 5.19. The minimum absolute atomic E-state index is 0.533. The molecule has 0 fully saturated rings. The van der Waals surface area contributed by atoms with Gasteiger partial charge < -0.3 is 20.1 Å². The molecule has 0 amide bonds. The molecule has 0 aromatic heterocycles. The molecule has 86 valence electrons. The molecule has 14 heavy (non-hydrogen) atoms. The highest BCUT2D eigenvalue weighted by Crippen LogP contribution is 1.98. The summed E-state index contributed by atoms with van der Waals surface area (Å²) in [7, 11) is 3.78. The van der Waals surface area contributed by atoms with Gasteiger partial charge in [0.15, 0.2) is 0 Å². The van der Waals surface area contributed by atoms with Crippen molar-refractivity contribution >= 4 is 0 Å². The number of nitrogens with zero attached hydrogens (tertiary/aromatic N) is 1. The van der Waals surface area contributed by atoms with E-state index in [0.29, 0.717) is 19.3 Å². The monoisotopic (exact) mass is 204 g/mol. The molecule has 0 saturated carbocycles. The van der Waals surface area contributed by atoms with Crippen molar-refractivity contribution in [2.75, 3.05) is 47.1 Å². The smallest absolute Gasteiger partial charge is 0.0700 e. The highest BCUT2D eigenvalue weighted by molar-refractivity contribution is 4.62. The second-order valence-electron chi connectivity index (χ2n) is 3.51. The molecule has 0 heterocycles. The van der Waals surface area contributed by atoms with Crippen LogP contribution in [0.3, 0.4) is 0 Å². The van der Waals surface area contributed by atoms with Crippen LogP contribution in [-0.4, -0.2) is 58.0 Å². The minimum atomic E-state index is 0.533. The van der Waals surface area contributed by atoms with Gasteiger partial charge in [0.2, 0.25) is 0 Å². The van der Waals surface area contributed by atoms with E-state index in [-0.39, 0.29) is 0 Å². The predicted octanol–water partition coefficient (Wildman–Crippen LogP) is 0.319. The Balaban J connectivity index is 3.29. The summed E-state index contributed by atoms with van der Waals surface area (Å²) >= 11 is 0. The molecule has 0 aliphatic heterocycles. The first-order chi connectivity index (χ1) is 6.72. The van der Waals surface area contributed by atoms with Gasteiger partial charge in [-0.1, -0.05) is 0 Å². The molecule has 0 aromatic carbocycles. The predicted molar refractivity (Wildman–Crippen MR) is 58.5 cm³/mol. The molecule has 1 unspecified atom stereocenters. The maximum atomic E-state index is 5.49. The lowest BCUT2D eigenvalue weighted by molar-refractivity contribution is 0.0555. The van der Waals surface area contributed by atoms with Crippen LogP contribution in [0.2, 0.25) is 0 Å². The molecule has 0 aliphatic rings. The van der Waals surface area contributed by atoms with Gasteiger partial charge in [0, 0.05) is 19.7 Å². The van der Waals surface area contributed by atoms with E-state index < -0.39 is 0 Å². The number of ether oxygens (including phenoxy) is 2. The summed E-state index contributed by atoms with van der Waals surface area (Å²) in [6.45, 7) is 5.98. The average molecular weight is 204 g/mol. The fraction of sp³-hybridized carbons (Fsp3) is 1.00. The summed E-state index contributed by atoms with van der Waals surface area (Å²) in [5, 5.41) is 0. The number of methoxy groups -OCH3 is 1. The Morgan fingerprint density at radius 2 is 2.00 bits per heavy atom. The molecule has 0 aliphatic carbocycles. The van der Waals surface area contributed by atoms with Gasteiger partial charge in [0.05, 0.1) is 19.8 Å². The average Bonchev–Trinajstić information content (AvgIpc) is 2.17. The Hall–Kier alpha value is -0.160. The molecule has 0 radical (unpaired) electrons. The van der Waals surface area contributed by atoms with Crippen LogP contribution in [-0.2, 0) is 9.47 Å². The van der Waals surface area contributed by atoms with Crippen molar-refractivity contribution in [2.45, 2.75) is 19.4 Å². The highest BCUT2D eigenvalue weighted by atomic mass is 16.5. The number of hydrogen-bond donors (Lipinski definition) is 1. The third-order valence-corrected chi connectivity index (χ3v) is 2.36. The van der Waals surface area contributed by atoms with Crippen molar-refractivity contribution in [2.24, 2.45) is 5.73 Å². The number of nitrogens with two attached hydrogens (primary N) is 1. The summed E-state index contributed by atoms with van der Waals surface area (Å²) in [5.74, 6) is 0. The van der Waals surface area contributed by atoms with Gasteiger partial charge in [0.1, 0.15) is 0 Å². The second kappa shape index (κ2) is 9.40. The van der Waals surface area contributed by atoms with Crippen LogP contribution in [0.5, 0.6) is 0 Å². The van der Waals surface area contributed by atoms with E-state index >= 15 is 0 Å². The lowest BCUT2D eigenvalue weighted by atomic mass is 10.2. The quantitative estimate of drug-likeness (QED) is 0.549. The molecule has 4 heteroatoms. The fourth-order valence-electron chi connectivity index (χ4n) is 1.13. The van der Waals surface area contributed by atoms with E-state index in [1.807, 2.05) is 0 Å². The van der Waals surface area contributed by atoms with Crippen LogP contribution >= 0.6 is 0 Å². The number of rotatable bonds is 9. The minimum Gasteiger partial charge on any atom is -0.382 e. The topological polar surface area (TPSA) is 47.7 Å². The molecule has 0 saturated heterocycles. The zero-order chi connectivity index (χ0) is 10.8. The molecule has 4 nitrogen and oxygen atoms in total. The number of hydrogen-bond acceptors (Lipinski definition) is 4. The highest BCUT2D eigenvalue weighted by Gasteiger charge is 2.06. The van der Waals surface area contributed by atoms with Crippen LogP contribution in [0.4, 0.5) is 0 Å². The van der Waals surface area contributed by atoms with E-state index in [1.54, 1.807) is 7.11 Å². The fourth-order valence-corrected chi connectivity index (χ4v) is 1.13. The first kappa shape index (κ1) is 13.8. The Morgan fingerprint density at radius 1 is 1.29 bits per heavy atom. The van der Waals surface area contributed by atoms with Gasteiger partial charge in [-0.15, -0.1) is 0 Å². The maximum absolute atomic E-state index is 5.49. The van der Waals surface area contributed by atoms with Crippen molar-refractivity contribution in [3.63, 3.8) is 0 Å². The maximum Gasteiger partial charge on any atom is 0.0700 e. The third-order valence-electron chi connectivity index (χ3n) is 2.36.